The Hall–Kier alpha value is -2.33. The van der Waals surface area contributed by atoms with Gasteiger partial charge in [0.15, 0.2) is 0 Å². The Morgan fingerprint density at radius 2 is 1.55 bits per heavy atom. The molecule has 1 fully saturated rings. The molecule has 1 amide bonds. The number of amides is 1. The number of anilines is 2. The minimum absolute atomic E-state index is 0.0712. The average molecular weight is 296 g/mol. The van der Waals surface area contributed by atoms with Gasteiger partial charge in [-0.2, -0.15) is 0 Å². The third kappa shape index (κ3) is 3.86. The zero-order chi connectivity index (χ0) is 15.4. The van der Waals surface area contributed by atoms with Crippen LogP contribution in [0.5, 0.6) is 0 Å². The fraction of sp³-hybridized carbons (Fsp3) is 0.278. The monoisotopic (exact) mass is 296 g/mol. The van der Waals surface area contributed by atoms with Crippen LogP contribution < -0.4 is 10.6 Å². The fourth-order valence-corrected chi connectivity index (χ4v) is 2.23. The highest BCUT2D eigenvalue weighted by atomic mass is 16.3. The molecule has 3 N–H and O–H groups in total. The Labute approximate surface area is 130 Å². The molecule has 0 unspecified atom stereocenters. The first-order chi connectivity index (χ1) is 10.7. The van der Waals surface area contributed by atoms with Crippen molar-refractivity contribution in [2.24, 2.45) is 5.92 Å². The van der Waals surface area contributed by atoms with E-state index in [-0.39, 0.29) is 18.4 Å². The molecule has 0 heterocycles. The summed E-state index contributed by atoms with van der Waals surface area (Å²) >= 11 is 0. The zero-order valence-electron chi connectivity index (χ0n) is 12.4. The summed E-state index contributed by atoms with van der Waals surface area (Å²) in [5.41, 5.74) is 3.92. The smallest absolute Gasteiger partial charge is 0.227 e. The minimum atomic E-state index is 0.0712. The lowest BCUT2D eigenvalue weighted by Crippen LogP contribution is -2.13. The van der Waals surface area contributed by atoms with E-state index in [1.165, 1.54) is 0 Å². The highest BCUT2D eigenvalue weighted by Gasteiger charge is 2.29. The molecule has 1 saturated carbocycles. The summed E-state index contributed by atoms with van der Waals surface area (Å²) in [7, 11) is 0. The van der Waals surface area contributed by atoms with Gasteiger partial charge in [0.1, 0.15) is 0 Å². The van der Waals surface area contributed by atoms with E-state index >= 15 is 0 Å². The van der Waals surface area contributed by atoms with Crippen LogP contribution in [0.2, 0.25) is 0 Å². The second-order valence-corrected chi connectivity index (χ2v) is 5.67. The maximum absolute atomic E-state index is 11.7. The van der Waals surface area contributed by atoms with Crippen molar-refractivity contribution in [3.05, 3.63) is 59.7 Å². The standard InChI is InChI=1S/C18H20N2O2/c21-12-14-3-1-13(2-4-14)11-19-16-7-9-17(10-8-16)20-18(22)15-5-6-15/h1-4,7-10,15,19,21H,5-6,11-12H2,(H,20,22). The number of carbonyl (C=O) groups is 1. The highest BCUT2D eigenvalue weighted by molar-refractivity contribution is 5.94. The number of hydrogen-bond acceptors (Lipinski definition) is 3. The molecule has 0 radical (unpaired) electrons. The molecule has 0 aromatic heterocycles. The van der Waals surface area contributed by atoms with Gasteiger partial charge in [-0.3, -0.25) is 4.79 Å². The van der Waals surface area contributed by atoms with Crippen molar-refractivity contribution in [1.82, 2.24) is 0 Å². The molecule has 0 atom stereocenters. The van der Waals surface area contributed by atoms with Crippen molar-refractivity contribution in [3.63, 3.8) is 0 Å². The van der Waals surface area contributed by atoms with Gasteiger partial charge >= 0.3 is 0 Å². The van der Waals surface area contributed by atoms with E-state index in [9.17, 15) is 4.79 Å². The zero-order valence-corrected chi connectivity index (χ0v) is 12.4. The maximum Gasteiger partial charge on any atom is 0.227 e. The Morgan fingerprint density at radius 3 is 2.14 bits per heavy atom. The number of benzene rings is 2. The Bertz CT molecular complexity index is 631. The molecule has 114 valence electrons. The van der Waals surface area contributed by atoms with Crippen molar-refractivity contribution < 1.29 is 9.90 Å². The van der Waals surface area contributed by atoms with Gasteiger partial charge in [-0.15, -0.1) is 0 Å². The average Bonchev–Trinajstić information content (AvgIpc) is 3.40. The van der Waals surface area contributed by atoms with Crippen LogP contribution in [0.25, 0.3) is 0 Å². The largest absolute Gasteiger partial charge is 0.392 e. The van der Waals surface area contributed by atoms with E-state index in [0.717, 1.165) is 41.9 Å². The van der Waals surface area contributed by atoms with Crippen LogP contribution in [-0.4, -0.2) is 11.0 Å². The van der Waals surface area contributed by atoms with Gasteiger partial charge in [0.2, 0.25) is 5.91 Å². The van der Waals surface area contributed by atoms with Crippen molar-refractivity contribution in [3.8, 4) is 0 Å². The molecular formula is C18H20N2O2. The predicted molar refractivity (Wildman–Crippen MR) is 87.5 cm³/mol. The normalized spacial score (nSPS) is 13.7. The van der Waals surface area contributed by atoms with E-state index in [0.29, 0.717) is 0 Å². The number of aliphatic hydroxyl groups is 1. The predicted octanol–water partition coefficient (Wildman–Crippen LogP) is 3.14. The molecule has 0 spiro atoms. The van der Waals surface area contributed by atoms with Crippen LogP contribution in [0.15, 0.2) is 48.5 Å². The third-order valence-electron chi connectivity index (χ3n) is 3.80. The number of hydrogen-bond donors (Lipinski definition) is 3. The molecule has 0 bridgehead atoms. The molecule has 3 rings (SSSR count). The van der Waals surface area contributed by atoms with E-state index < -0.39 is 0 Å². The van der Waals surface area contributed by atoms with Gasteiger partial charge in [0, 0.05) is 23.8 Å². The number of aliphatic hydroxyl groups excluding tert-OH is 1. The molecule has 0 aliphatic heterocycles. The summed E-state index contributed by atoms with van der Waals surface area (Å²) < 4.78 is 0. The molecule has 4 nitrogen and oxygen atoms in total. The number of rotatable bonds is 6. The Kier molecular flexibility index (Phi) is 4.39. The van der Waals surface area contributed by atoms with Crippen LogP contribution in [-0.2, 0) is 17.9 Å². The first-order valence-corrected chi connectivity index (χ1v) is 7.58. The highest BCUT2D eigenvalue weighted by Crippen LogP contribution is 2.30. The lowest BCUT2D eigenvalue weighted by atomic mass is 10.1. The minimum Gasteiger partial charge on any atom is -0.392 e. The van der Waals surface area contributed by atoms with E-state index in [4.69, 9.17) is 5.11 Å². The SMILES string of the molecule is O=C(Nc1ccc(NCc2ccc(CO)cc2)cc1)C1CC1. The summed E-state index contributed by atoms with van der Waals surface area (Å²) in [6.07, 6.45) is 2.03. The molecule has 2 aromatic carbocycles. The molecule has 2 aromatic rings. The van der Waals surface area contributed by atoms with E-state index in [1.807, 2.05) is 48.5 Å². The summed E-state index contributed by atoms with van der Waals surface area (Å²) in [6.45, 7) is 0.793. The van der Waals surface area contributed by atoms with Crippen molar-refractivity contribution in [2.75, 3.05) is 10.6 Å². The lowest BCUT2D eigenvalue weighted by Gasteiger charge is -2.09. The van der Waals surface area contributed by atoms with Crippen molar-refractivity contribution in [2.45, 2.75) is 26.0 Å². The third-order valence-corrected chi connectivity index (χ3v) is 3.80. The lowest BCUT2D eigenvalue weighted by molar-refractivity contribution is -0.117. The van der Waals surface area contributed by atoms with Gasteiger partial charge < -0.3 is 15.7 Å². The van der Waals surface area contributed by atoms with Gasteiger partial charge in [-0.25, -0.2) is 0 Å². The van der Waals surface area contributed by atoms with Gasteiger partial charge in [-0.05, 0) is 48.2 Å². The van der Waals surface area contributed by atoms with Gasteiger partial charge in [0.25, 0.3) is 0 Å². The van der Waals surface area contributed by atoms with Crippen LogP contribution in [0, 0.1) is 5.92 Å². The van der Waals surface area contributed by atoms with E-state index in [2.05, 4.69) is 10.6 Å². The number of carbonyl (C=O) groups excluding carboxylic acids is 1. The van der Waals surface area contributed by atoms with Crippen LogP contribution >= 0.6 is 0 Å². The number of nitrogens with one attached hydrogen (secondary N) is 2. The Balaban J connectivity index is 1.52. The first kappa shape index (κ1) is 14.6. The van der Waals surface area contributed by atoms with Crippen molar-refractivity contribution in [1.29, 1.82) is 0 Å². The summed E-state index contributed by atoms with van der Waals surface area (Å²) in [5.74, 6) is 0.351. The Morgan fingerprint density at radius 1 is 0.955 bits per heavy atom. The van der Waals surface area contributed by atoms with Crippen molar-refractivity contribution >= 4 is 17.3 Å². The van der Waals surface area contributed by atoms with Gasteiger partial charge in [-0.1, -0.05) is 24.3 Å². The summed E-state index contributed by atoms with van der Waals surface area (Å²) in [5, 5.41) is 15.3. The first-order valence-electron chi connectivity index (χ1n) is 7.58. The molecule has 22 heavy (non-hydrogen) atoms. The molecular weight excluding hydrogens is 276 g/mol. The fourth-order valence-electron chi connectivity index (χ4n) is 2.23. The molecule has 1 aliphatic rings. The molecule has 4 heteroatoms. The van der Waals surface area contributed by atoms with Gasteiger partial charge in [0.05, 0.1) is 6.61 Å². The summed E-state index contributed by atoms with van der Waals surface area (Å²) in [6, 6.07) is 15.6. The van der Waals surface area contributed by atoms with Crippen LogP contribution in [0.4, 0.5) is 11.4 Å². The van der Waals surface area contributed by atoms with Crippen LogP contribution in [0.1, 0.15) is 24.0 Å². The van der Waals surface area contributed by atoms with E-state index in [1.54, 1.807) is 0 Å². The topological polar surface area (TPSA) is 61.4 Å². The second kappa shape index (κ2) is 6.62. The maximum atomic E-state index is 11.7. The second-order valence-electron chi connectivity index (χ2n) is 5.67. The summed E-state index contributed by atoms with van der Waals surface area (Å²) in [4.78, 5) is 11.7. The quantitative estimate of drug-likeness (QED) is 0.767. The van der Waals surface area contributed by atoms with Crippen LogP contribution in [0.3, 0.4) is 0 Å². The molecule has 0 saturated heterocycles. The molecule has 1 aliphatic carbocycles.